The fourth-order valence-corrected chi connectivity index (χ4v) is 2.13. The number of likely N-dealkylation sites (N-methyl/N-ethyl adjacent to an activating group) is 1. The van der Waals surface area contributed by atoms with Gasteiger partial charge in [-0.2, -0.15) is 0 Å². The Morgan fingerprint density at radius 2 is 2.07 bits per heavy atom. The first-order chi connectivity index (χ1) is 7.27. The maximum Gasteiger partial charge on any atom is 0.0219 e. The van der Waals surface area contributed by atoms with Crippen LogP contribution in [-0.2, 0) is 6.54 Å². The number of hydrogen-bond acceptors (Lipinski definition) is 3. The Hall–Kier alpha value is -0.510. The van der Waals surface area contributed by atoms with E-state index in [0.29, 0.717) is 6.04 Å². The Balaban J connectivity index is 2.49. The lowest BCUT2D eigenvalue weighted by molar-refractivity contribution is 0.520. The molecule has 1 aromatic rings. The lowest BCUT2D eigenvalue weighted by Crippen LogP contribution is -2.34. The van der Waals surface area contributed by atoms with Crippen molar-refractivity contribution in [2.45, 2.75) is 24.4 Å². The molecule has 1 unspecified atom stereocenters. The quantitative estimate of drug-likeness (QED) is 0.724. The van der Waals surface area contributed by atoms with E-state index >= 15 is 0 Å². The molecule has 2 nitrogen and oxygen atoms in total. The van der Waals surface area contributed by atoms with Crippen LogP contribution in [0.25, 0.3) is 0 Å². The Morgan fingerprint density at radius 3 is 2.73 bits per heavy atom. The summed E-state index contributed by atoms with van der Waals surface area (Å²) in [7, 11) is 1.98. The van der Waals surface area contributed by atoms with Gasteiger partial charge in [-0.3, -0.25) is 0 Å². The van der Waals surface area contributed by atoms with E-state index in [0.717, 1.165) is 13.1 Å². The van der Waals surface area contributed by atoms with Crippen molar-refractivity contribution in [3.8, 4) is 0 Å². The van der Waals surface area contributed by atoms with Crippen molar-refractivity contribution in [3.63, 3.8) is 0 Å². The van der Waals surface area contributed by atoms with Crippen LogP contribution >= 0.6 is 11.8 Å². The van der Waals surface area contributed by atoms with Gasteiger partial charge in [-0.1, -0.05) is 18.2 Å². The molecule has 0 amide bonds. The molecule has 84 valence electrons. The van der Waals surface area contributed by atoms with Gasteiger partial charge in [-0.15, -0.1) is 11.8 Å². The third-order valence-corrected chi connectivity index (χ3v) is 3.18. The number of thioether (sulfide) groups is 1. The average molecular weight is 224 g/mol. The summed E-state index contributed by atoms with van der Waals surface area (Å²) in [6, 6.07) is 9.05. The van der Waals surface area contributed by atoms with Gasteiger partial charge in [-0.05, 0) is 31.9 Å². The molecule has 3 heteroatoms. The molecule has 0 aliphatic rings. The second-order valence-corrected chi connectivity index (χ2v) is 4.50. The van der Waals surface area contributed by atoms with Crippen molar-refractivity contribution < 1.29 is 0 Å². The van der Waals surface area contributed by atoms with Gasteiger partial charge in [0.1, 0.15) is 0 Å². The van der Waals surface area contributed by atoms with Gasteiger partial charge in [0.15, 0.2) is 0 Å². The summed E-state index contributed by atoms with van der Waals surface area (Å²) in [5.41, 5.74) is 1.38. The Bertz CT molecular complexity index is 289. The largest absolute Gasteiger partial charge is 0.318 e. The molecule has 1 rings (SSSR count). The topological polar surface area (TPSA) is 24.1 Å². The standard InChI is InChI=1S/C12H20N2S/c1-10(8-13-2)14-9-11-6-4-5-7-12(11)15-3/h4-7,10,13-14H,8-9H2,1-3H3. The molecule has 0 radical (unpaired) electrons. The van der Waals surface area contributed by atoms with E-state index < -0.39 is 0 Å². The second kappa shape index (κ2) is 6.88. The van der Waals surface area contributed by atoms with E-state index in [-0.39, 0.29) is 0 Å². The molecule has 2 N–H and O–H groups in total. The molecule has 1 aromatic carbocycles. The zero-order chi connectivity index (χ0) is 11.1. The van der Waals surface area contributed by atoms with E-state index in [9.17, 15) is 0 Å². The summed E-state index contributed by atoms with van der Waals surface area (Å²) >= 11 is 1.80. The van der Waals surface area contributed by atoms with Crippen molar-refractivity contribution in [1.82, 2.24) is 10.6 Å². The van der Waals surface area contributed by atoms with Gasteiger partial charge in [-0.25, -0.2) is 0 Å². The predicted molar refractivity (Wildman–Crippen MR) is 68.5 cm³/mol. The average Bonchev–Trinajstić information content (AvgIpc) is 2.27. The predicted octanol–water partition coefficient (Wildman–Crippen LogP) is 2.11. The summed E-state index contributed by atoms with van der Waals surface area (Å²) in [6.07, 6.45) is 2.12. The molecule has 0 bridgehead atoms. The Kier molecular flexibility index (Phi) is 5.76. The van der Waals surface area contributed by atoms with Gasteiger partial charge in [0.05, 0.1) is 0 Å². The lowest BCUT2D eigenvalue weighted by Gasteiger charge is -2.14. The van der Waals surface area contributed by atoms with Crippen molar-refractivity contribution >= 4 is 11.8 Å². The second-order valence-electron chi connectivity index (χ2n) is 3.65. The van der Waals surface area contributed by atoms with E-state index in [1.165, 1.54) is 10.5 Å². The normalized spacial score (nSPS) is 12.7. The maximum atomic E-state index is 3.50. The molecule has 0 aliphatic carbocycles. The lowest BCUT2D eigenvalue weighted by atomic mass is 10.2. The SMILES string of the molecule is CNCC(C)NCc1ccccc1SC. The summed E-state index contributed by atoms with van der Waals surface area (Å²) in [4.78, 5) is 1.36. The zero-order valence-electron chi connectivity index (χ0n) is 9.71. The van der Waals surface area contributed by atoms with Gasteiger partial charge in [0, 0.05) is 24.0 Å². The molecule has 0 aliphatic heterocycles. The Morgan fingerprint density at radius 1 is 1.33 bits per heavy atom. The summed E-state index contributed by atoms with van der Waals surface area (Å²) in [5.74, 6) is 0. The highest BCUT2D eigenvalue weighted by atomic mass is 32.2. The van der Waals surface area contributed by atoms with Crippen molar-refractivity contribution in [1.29, 1.82) is 0 Å². The summed E-state index contributed by atoms with van der Waals surface area (Å²) in [5, 5.41) is 6.66. The molecule has 0 aromatic heterocycles. The maximum absolute atomic E-state index is 3.50. The molecule has 0 fully saturated rings. The molecule has 1 atom stereocenters. The van der Waals surface area contributed by atoms with Crippen LogP contribution in [0.2, 0.25) is 0 Å². The third-order valence-electron chi connectivity index (χ3n) is 2.34. The number of hydrogen-bond donors (Lipinski definition) is 2. The molecular weight excluding hydrogens is 204 g/mol. The van der Waals surface area contributed by atoms with Crippen LogP contribution < -0.4 is 10.6 Å². The first-order valence-corrected chi connectivity index (χ1v) is 6.50. The summed E-state index contributed by atoms with van der Waals surface area (Å²) in [6.45, 7) is 4.14. The zero-order valence-corrected chi connectivity index (χ0v) is 10.5. The first kappa shape index (κ1) is 12.6. The summed E-state index contributed by atoms with van der Waals surface area (Å²) < 4.78 is 0. The molecule has 0 spiro atoms. The fourth-order valence-electron chi connectivity index (χ4n) is 1.51. The van der Waals surface area contributed by atoms with E-state index in [4.69, 9.17) is 0 Å². The van der Waals surface area contributed by atoms with Crippen LogP contribution in [0.3, 0.4) is 0 Å². The van der Waals surface area contributed by atoms with Gasteiger partial charge in [0.25, 0.3) is 0 Å². The fraction of sp³-hybridized carbons (Fsp3) is 0.500. The van der Waals surface area contributed by atoms with Crippen LogP contribution in [-0.4, -0.2) is 25.9 Å². The van der Waals surface area contributed by atoms with Crippen molar-refractivity contribution in [2.24, 2.45) is 0 Å². The van der Waals surface area contributed by atoms with Gasteiger partial charge in [0.2, 0.25) is 0 Å². The highest BCUT2D eigenvalue weighted by Gasteiger charge is 2.02. The Labute approximate surface area is 96.8 Å². The molecule has 0 saturated heterocycles. The number of rotatable bonds is 6. The minimum absolute atomic E-state index is 0.505. The van der Waals surface area contributed by atoms with Crippen LogP contribution in [0.15, 0.2) is 29.2 Å². The van der Waals surface area contributed by atoms with Crippen LogP contribution in [0.1, 0.15) is 12.5 Å². The molecular formula is C12H20N2S. The first-order valence-electron chi connectivity index (χ1n) is 5.27. The minimum atomic E-state index is 0.505. The molecule has 15 heavy (non-hydrogen) atoms. The van der Waals surface area contributed by atoms with Crippen molar-refractivity contribution in [2.75, 3.05) is 19.8 Å². The number of benzene rings is 1. The van der Waals surface area contributed by atoms with E-state index in [1.54, 1.807) is 11.8 Å². The number of nitrogens with one attached hydrogen (secondary N) is 2. The van der Waals surface area contributed by atoms with Crippen LogP contribution in [0.5, 0.6) is 0 Å². The smallest absolute Gasteiger partial charge is 0.0219 e. The van der Waals surface area contributed by atoms with Crippen molar-refractivity contribution in [3.05, 3.63) is 29.8 Å². The molecule has 0 heterocycles. The monoisotopic (exact) mass is 224 g/mol. The van der Waals surface area contributed by atoms with E-state index in [1.807, 2.05) is 7.05 Å². The third kappa shape index (κ3) is 4.24. The highest BCUT2D eigenvalue weighted by molar-refractivity contribution is 7.98. The van der Waals surface area contributed by atoms with Crippen LogP contribution in [0, 0.1) is 0 Å². The van der Waals surface area contributed by atoms with Gasteiger partial charge >= 0.3 is 0 Å². The highest BCUT2D eigenvalue weighted by Crippen LogP contribution is 2.19. The van der Waals surface area contributed by atoms with E-state index in [2.05, 4.69) is 48.1 Å². The van der Waals surface area contributed by atoms with Crippen LogP contribution in [0.4, 0.5) is 0 Å². The minimum Gasteiger partial charge on any atom is -0.318 e. The van der Waals surface area contributed by atoms with Gasteiger partial charge < -0.3 is 10.6 Å². The molecule has 0 saturated carbocycles.